The molecular formula is C13H15BrN4O. The van der Waals surface area contributed by atoms with Gasteiger partial charge < -0.3 is 10.5 Å². The number of aryl methyl sites for hydroxylation is 1. The second-order valence-electron chi connectivity index (χ2n) is 3.94. The van der Waals surface area contributed by atoms with Crippen LogP contribution in [0.1, 0.15) is 18.2 Å². The fraction of sp³-hybridized carbons (Fsp3) is 0.231. The van der Waals surface area contributed by atoms with E-state index < -0.39 is 0 Å². The first-order valence-corrected chi connectivity index (χ1v) is 6.67. The molecule has 1 aromatic carbocycles. The highest BCUT2D eigenvalue weighted by molar-refractivity contribution is 9.10. The van der Waals surface area contributed by atoms with Crippen LogP contribution >= 0.6 is 15.9 Å². The molecule has 0 aliphatic heterocycles. The first-order valence-electron chi connectivity index (χ1n) is 5.88. The van der Waals surface area contributed by atoms with Gasteiger partial charge in [0.15, 0.2) is 0 Å². The molecule has 0 amide bonds. The summed E-state index contributed by atoms with van der Waals surface area (Å²) in [6, 6.07) is 5.77. The SMILES string of the molecule is CCOc1ccc(Br)cc1C=Nn1cc(C)nc1N. The van der Waals surface area contributed by atoms with Gasteiger partial charge in [0.2, 0.25) is 5.95 Å². The lowest BCUT2D eigenvalue weighted by molar-refractivity contribution is 0.339. The zero-order valence-electron chi connectivity index (χ0n) is 10.8. The van der Waals surface area contributed by atoms with Gasteiger partial charge in [0.1, 0.15) is 5.75 Å². The highest BCUT2D eigenvalue weighted by atomic mass is 79.9. The van der Waals surface area contributed by atoms with Crippen LogP contribution in [0, 0.1) is 6.92 Å². The Balaban J connectivity index is 2.31. The van der Waals surface area contributed by atoms with Crippen LogP contribution in [0.2, 0.25) is 0 Å². The Hall–Kier alpha value is -1.82. The van der Waals surface area contributed by atoms with Crippen molar-refractivity contribution in [2.45, 2.75) is 13.8 Å². The molecule has 0 aliphatic carbocycles. The minimum Gasteiger partial charge on any atom is -0.493 e. The Bertz CT molecular complexity index is 607. The Morgan fingerprint density at radius 3 is 2.95 bits per heavy atom. The second kappa shape index (κ2) is 5.88. The number of ether oxygens (including phenoxy) is 1. The lowest BCUT2D eigenvalue weighted by Gasteiger charge is -2.07. The van der Waals surface area contributed by atoms with E-state index in [0.29, 0.717) is 12.6 Å². The molecule has 100 valence electrons. The van der Waals surface area contributed by atoms with Crippen LogP contribution in [0.3, 0.4) is 0 Å². The van der Waals surface area contributed by atoms with Crippen LogP contribution in [-0.2, 0) is 0 Å². The number of benzene rings is 1. The predicted octanol–water partition coefficient (Wildman–Crippen LogP) is 2.82. The van der Waals surface area contributed by atoms with Gasteiger partial charge in [-0.25, -0.2) is 9.66 Å². The van der Waals surface area contributed by atoms with E-state index in [0.717, 1.165) is 21.5 Å². The molecule has 0 spiro atoms. The fourth-order valence-electron chi connectivity index (χ4n) is 1.63. The van der Waals surface area contributed by atoms with E-state index in [1.165, 1.54) is 4.68 Å². The summed E-state index contributed by atoms with van der Waals surface area (Å²) in [5, 5.41) is 4.28. The fourth-order valence-corrected chi connectivity index (χ4v) is 2.01. The zero-order valence-corrected chi connectivity index (χ0v) is 12.4. The smallest absolute Gasteiger partial charge is 0.221 e. The summed E-state index contributed by atoms with van der Waals surface area (Å²) in [6.07, 6.45) is 3.47. The van der Waals surface area contributed by atoms with Gasteiger partial charge in [0.05, 0.1) is 24.7 Å². The average molecular weight is 323 g/mol. The third-order valence-corrected chi connectivity index (χ3v) is 2.92. The van der Waals surface area contributed by atoms with E-state index in [-0.39, 0.29) is 0 Å². The lowest BCUT2D eigenvalue weighted by Crippen LogP contribution is -1.99. The van der Waals surface area contributed by atoms with Crippen LogP contribution in [0.15, 0.2) is 34.0 Å². The minimum atomic E-state index is 0.363. The summed E-state index contributed by atoms with van der Waals surface area (Å²) in [5.74, 6) is 1.14. The zero-order chi connectivity index (χ0) is 13.8. The average Bonchev–Trinajstić information content (AvgIpc) is 2.68. The van der Waals surface area contributed by atoms with E-state index >= 15 is 0 Å². The van der Waals surface area contributed by atoms with Crippen LogP contribution in [0.25, 0.3) is 0 Å². The molecule has 19 heavy (non-hydrogen) atoms. The third kappa shape index (κ3) is 3.35. The molecule has 0 radical (unpaired) electrons. The number of nitrogens with two attached hydrogens (primary N) is 1. The standard InChI is InChI=1S/C13H15BrN4O/c1-3-19-12-5-4-11(14)6-10(12)7-16-18-8-9(2)17-13(18)15/h4-8H,3H2,1-2H3,(H2,15,17). The van der Waals surface area contributed by atoms with Gasteiger partial charge in [-0.05, 0) is 32.0 Å². The molecule has 5 nitrogen and oxygen atoms in total. The van der Waals surface area contributed by atoms with Crippen molar-refractivity contribution < 1.29 is 4.74 Å². The maximum atomic E-state index is 5.73. The maximum Gasteiger partial charge on any atom is 0.221 e. The summed E-state index contributed by atoms with van der Waals surface area (Å²) < 4.78 is 8.05. The molecule has 2 rings (SSSR count). The largest absolute Gasteiger partial charge is 0.493 e. The molecule has 0 atom stereocenters. The summed E-state index contributed by atoms with van der Waals surface area (Å²) in [6.45, 7) is 4.42. The number of aromatic nitrogens is 2. The number of hydrogen-bond acceptors (Lipinski definition) is 4. The van der Waals surface area contributed by atoms with Crippen molar-refractivity contribution in [2.24, 2.45) is 5.10 Å². The van der Waals surface area contributed by atoms with Gasteiger partial charge in [-0.15, -0.1) is 0 Å². The molecule has 0 unspecified atom stereocenters. The molecule has 0 aliphatic rings. The van der Waals surface area contributed by atoms with Crippen molar-refractivity contribution in [1.29, 1.82) is 0 Å². The maximum absolute atomic E-state index is 5.73. The van der Waals surface area contributed by atoms with Crippen LogP contribution in [0.4, 0.5) is 5.95 Å². The van der Waals surface area contributed by atoms with Gasteiger partial charge in [0.25, 0.3) is 0 Å². The van der Waals surface area contributed by atoms with Crippen molar-refractivity contribution in [1.82, 2.24) is 9.66 Å². The van der Waals surface area contributed by atoms with Crippen LogP contribution in [-0.4, -0.2) is 22.5 Å². The topological polar surface area (TPSA) is 65.4 Å². The second-order valence-corrected chi connectivity index (χ2v) is 4.86. The summed E-state index contributed by atoms with van der Waals surface area (Å²) in [7, 11) is 0. The summed E-state index contributed by atoms with van der Waals surface area (Å²) >= 11 is 3.43. The van der Waals surface area contributed by atoms with Crippen LogP contribution < -0.4 is 10.5 Å². The lowest BCUT2D eigenvalue weighted by atomic mass is 10.2. The number of rotatable bonds is 4. The van der Waals surface area contributed by atoms with Gasteiger partial charge in [-0.3, -0.25) is 0 Å². The number of nitrogen functional groups attached to an aromatic ring is 1. The highest BCUT2D eigenvalue weighted by Gasteiger charge is 2.03. The van der Waals surface area contributed by atoms with E-state index in [1.807, 2.05) is 32.0 Å². The van der Waals surface area contributed by atoms with E-state index in [4.69, 9.17) is 10.5 Å². The predicted molar refractivity (Wildman–Crippen MR) is 79.7 cm³/mol. The molecule has 0 saturated heterocycles. The van der Waals surface area contributed by atoms with E-state index in [2.05, 4.69) is 26.0 Å². The molecule has 2 N–H and O–H groups in total. The number of anilines is 1. The van der Waals surface area contributed by atoms with Crippen molar-refractivity contribution >= 4 is 28.1 Å². The summed E-state index contributed by atoms with van der Waals surface area (Å²) in [5.41, 5.74) is 7.43. The number of halogens is 1. The first kappa shape index (κ1) is 13.6. The van der Waals surface area contributed by atoms with Gasteiger partial charge in [-0.2, -0.15) is 5.10 Å². The third-order valence-electron chi connectivity index (χ3n) is 2.43. The Morgan fingerprint density at radius 2 is 2.32 bits per heavy atom. The number of nitrogens with zero attached hydrogens (tertiary/aromatic N) is 3. The summed E-state index contributed by atoms with van der Waals surface area (Å²) in [4.78, 5) is 4.09. The van der Waals surface area contributed by atoms with Crippen molar-refractivity contribution in [3.05, 3.63) is 40.1 Å². The Morgan fingerprint density at radius 1 is 1.53 bits per heavy atom. The van der Waals surface area contributed by atoms with Gasteiger partial charge >= 0.3 is 0 Å². The normalized spacial score (nSPS) is 11.1. The van der Waals surface area contributed by atoms with Crippen molar-refractivity contribution in [3.63, 3.8) is 0 Å². The first-order chi connectivity index (χ1) is 9.10. The quantitative estimate of drug-likeness (QED) is 0.880. The van der Waals surface area contributed by atoms with Crippen molar-refractivity contribution in [3.8, 4) is 5.75 Å². The number of imidazole rings is 1. The monoisotopic (exact) mass is 322 g/mol. The van der Waals surface area contributed by atoms with Gasteiger partial charge in [0, 0.05) is 10.0 Å². The van der Waals surface area contributed by atoms with E-state index in [9.17, 15) is 0 Å². The van der Waals surface area contributed by atoms with E-state index in [1.54, 1.807) is 12.4 Å². The highest BCUT2D eigenvalue weighted by Crippen LogP contribution is 2.22. The molecule has 1 heterocycles. The minimum absolute atomic E-state index is 0.363. The van der Waals surface area contributed by atoms with Gasteiger partial charge in [-0.1, -0.05) is 15.9 Å². The molecule has 1 aromatic heterocycles. The molecular weight excluding hydrogens is 308 g/mol. The Labute approximate surface area is 120 Å². The van der Waals surface area contributed by atoms with Crippen molar-refractivity contribution in [2.75, 3.05) is 12.3 Å². The molecule has 0 fully saturated rings. The molecule has 0 saturated carbocycles. The molecule has 0 bridgehead atoms. The molecule has 2 aromatic rings. The number of hydrogen-bond donors (Lipinski definition) is 1. The van der Waals surface area contributed by atoms with Crippen LogP contribution in [0.5, 0.6) is 5.75 Å². The molecule has 6 heteroatoms. The Kier molecular flexibility index (Phi) is 4.21.